The van der Waals surface area contributed by atoms with Crippen molar-refractivity contribution in [3.05, 3.63) is 45.5 Å². The topological polar surface area (TPSA) is 101 Å². The normalized spacial score (nSPS) is 16.6. The highest BCUT2D eigenvalue weighted by atomic mass is 16.6. The Hall–Kier alpha value is -3.24. The molecule has 222 valence electrons. The molecule has 0 amide bonds. The van der Waals surface area contributed by atoms with Crippen LogP contribution in [0.5, 0.6) is 11.5 Å². The van der Waals surface area contributed by atoms with Crippen molar-refractivity contribution in [1.29, 1.82) is 0 Å². The number of rotatable bonds is 7. The molecule has 4 rings (SSSR count). The lowest BCUT2D eigenvalue weighted by Crippen LogP contribution is -2.42. The highest BCUT2D eigenvalue weighted by Gasteiger charge is 2.25. The molecule has 0 radical (unpaired) electrons. The Bertz CT molecular complexity index is 1140. The fourth-order valence-corrected chi connectivity index (χ4v) is 5.77. The van der Waals surface area contributed by atoms with Crippen LogP contribution in [-0.2, 0) is 0 Å². The summed E-state index contributed by atoms with van der Waals surface area (Å²) in [5.41, 5.74) is 11.1. The molecular formula is C30H48N6O4. The Kier molecular flexibility index (Phi) is 10.9. The number of nitro groups is 1. The van der Waals surface area contributed by atoms with Crippen molar-refractivity contribution in [2.75, 3.05) is 84.1 Å². The third-order valence-corrected chi connectivity index (χ3v) is 8.31. The maximum absolute atomic E-state index is 11.0. The van der Waals surface area contributed by atoms with Crippen LogP contribution in [0, 0.1) is 24.0 Å². The average molecular weight is 557 g/mol. The number of aryl methyl sites for hydroxylation is 2. The van der Waals surface area contributed by atoms with Crippen LogP contribution in [0.25, 0.3) is 0 Å². The van der Waals surface area contributed by atoms with Gasteiger partial charge in [0, 0.05) is 67.8 Å². The Morgan fingerprint density at radius 1 is 0.775 bits per heavy atom. The second-order valence-electron chi connectivity index (χ2n) is 11.3. The standard InChI is InChI=1S/C15H23N3O3.C15H25N3O/c1-11-9-14(18(19)20)15(21-4)10-13(11)17-7-5-12(6-8-17)16(2)3;1-11-9-13(16)15(19-4)10-14(11)18-7-5-12(6-8-18)17(2)3/h9-10,12H,5-8H2,1-4H3;9-10,12H,5-8,16H2,1-4H3. The molecule has 40 heavy (non-hydrogen) atoms. The van der Waals surface area contributed by atoms with Gasteiger partial charge in [0.1, 0.15) is 5.75 Å². The van der Waals surface area contributed by atoms with Gasteiger partial charge < -0.3 is 34.8 Å². The fraction of sp³-hybridized carbons (Fsp3) is 0.600. The number of hydrogen-bond donors (Lipinski definition) is 1. The summed E-state index contributed by atoms with van der Waals surface area (Å²) in [6.45, 7) is 8.14. The van der Waals surface area contributed by atoms with Crippen LogP contribution < -0.4 is 25.0 Å². The average Bonchev–Trinajstić information content (AvgIpc) is 2.93. The van der Waals surface area contributed by atoms with Crippen molar-refractivity contribution in [2.45, 2.75) is 51.6 Å². The van der Waals surface area contributed by atoms with E-state index < -0.39 is 4.92 Å². The van der Waals surface area contributed by atoms with Gasteiger partial charge in [-0.15, -0.1) is 0 Å². The summed E-state index contributed by atoms with van der Waals surface area (Å²) in [5.74, 6) is 1.10. The lowest BCUT2D eigenvalue weighted by atomic mass is 10.0. The summed E-state index contributed by atoms with van der Waals surface area (Å²) in [4.78, 5) is 20.0. The van der Waals surface area contributed by atoms with E-state index in [1.54, 1.807) is 19.2 Å². The number of piperidine rings is 2. The van der Waals surface area contributed by atoms with E-state index in [-0.39, 0.29) is 5.69 Å². The molecule has 2 saturated heterocycles. The molecule has 0 unspecified atom stereocenters. The summed E-state index contributed by atoms with van der Waals surface area (Å²) < 4.78 is 10.5. The highest BCUT2D eigenvalue weighted by molar-refractivity contribution is 5.67. The molecule has 0 bridgehead atoms. The number of hydrogen-bond acceptors (Lipinski definition) is 9. The molecule has 2 aromatic rings. The Morgan fingerprint density at radius 3 is 1.55 bits per heavy atom. The molecule has 0 atom stereocenters. The Labute approximate surface area is 239 Å². The first-order valence-corrected chi connectivity index (χ1v) is 14.1. The second-order valence-corrected chi connectivity index (χ2v) is 11.3. The van der Waals surface area contributed by atoms with Crippen molar-refractivity contribution in [2.24, 2.45) is 0 Å². The number of anilines is 3. The second kappa shape index (κ2) is 13.9. The lowest BCUT2D eigenvalue weighted by Gasteiger charge is -2.37. The van der Waals surface area contributed by atoms with Crippen LogP contribution in [0.2, 0.25) is 0 Å². The Balaban J connectivity index is 0.000000222. The minimum Gasteiger partial charge on any atom is -0.495 e. The van der Waals surface area contributed by atoms with Crippen molar-refractivity contribution >= 4 is 22.7 Å². The van der Waals surface area contributed by atoms with Crippen LogP contribution in [0.15, 0.2) is 24.3 Å². The van der Waals surface area contributed by atoms with E-state index in [9.17, 15) is 10.1 Å². The van der Waals surface area contributed by atoms with Crippen LogP contribution >= 0.6 is 0 Å². The lowest BCUT2D eigenvalue weighted by molar-refractivity contribution is -0.385. The fourth-order valence-electron chi connectivity index (χ4n) is 5.77. The monoisotopic (exact) mass is 556 g/mol. The van der Waals surface area contributed by atoms with Crippen LogP contribution in [-0.4, -0.2) is 95.4 Å². The number of nitrogens with two attached hydrogens (primary N) is 1. The molecule has 2 aliphatic heterocycles. The number of benzene rings is 2. The Morgan fingerprint density at radius 2 is 1.18 bits per heavy atom. The van der Waals surface area contributed by atoms with Gasteiger partial charge in [0.25, 0.3) is 0 Å². The highest BCUT2D eigenvalue weighted by Crippen LogP contribution is 2.36. The smallest absolute Gasteiger partial charge is 0.311 e. The first kappa shape index (κ1) is 31.3. The van der Waals surface area contributed by atoms with Gasteiger partial charge in [0.2, 0.25) is 0 Å². The van der Waals surface area contributed by atoms with E-state index >= 15 is 0 Å². The number of nitrogen functional groups attached to an aromatic ring is 1. The van der Waals surface area contributed by atoms with Crippen molar-refractivity contribution < 1.29 is 14.4 Å². The van der Waals surface area contributed by atoms with Gasteiger partial charge >= 0.3 is 5.69 Å². The van der Waals surface area contributed by atoms with E-state index in [1.807, 2.05) is 13.0 Å². The van der Waals surface area contributed by atoms with Crippen LogP contribution in [0.3, 0.4) is 0 Å². The summed E-state index contributed by atoms with van der Waals surface area (Å²) in [5, 5.41) is 11.0. The van der Waals surface area contributed by atoms with Gasteiger partial charge in [-0.2, -0.15) is 0 Å². The molecule has 10 nitrogen and oxygen atoms in total. The van der Waals surface area contributed by atoms with Gasteiger partial charge in [-0.25, -0.2) is 0 Å². The zero-order chi connectivity index (χ0) is 29.6. The van der Waals surface area contributed by atoms with Gasteiger partial charge in [-0.1, -0.05) is 0 Å². The zero-order valence-electron chi connectivity index (χ0n) is 25.6. The number of nitro benzene ring substituents is 1. The van der Waals surface area contributed by atoms with Gasteiger partial charge in [-0.05, 0) is 84.9 Å². The number of nitrogens with zero attached hydrogens (tertiary/aromatic N) is 5. The van der Waals surface area contributed by atoms with Crippen molar-refractivity contribution in [3.8, 4) is 11.5 Å². The first-order valence-electron chi connectivity index (χ1n) is 14.1. The van der Waals surface area contributed by atoms with Gasteiger partial charge in [0.15, 0.2) is 5.75 Å². The number of methoxy groups -OCH3 is 2. The van der Waals surface area contributed by atoms with E-state index in [4.69, 9.17) is 15.2 Å². The maximum atomic E-state index is 11.0. The molecule has 0 spiro atoms. The van der Waals surface area contributed by atoms with Crippen molar-refractivity contribution in [1.82, 2.24) is 9.80 Å². The minimum atomic E-state index is -0.395. The SMILES string of the molecule is COc1cc(N2CCC(N(C)C)CC2)c(C)cc1N.COc1cc(N2CCC(N(C)C)CC2)c(C)cc1[N+](=O)[O-]. The van der Waals surface area contributed by atoms with Gasteiger partial charge in [-0.3, -0.25) is 10.1 Å². The minimum absolute atomic E-state index is 0.0296. The molecule has 10 heteroatoms. The molecule has 0 aliphatic carbocycles. The number of ether oxygens (including phenoxy) is 2. The van der Waals surface area contributed by atoms with Gasteiger partial charge in [0.05, 0.1) is 24.8 Å². The molecule has 2 aliphatic rings. The first-order chi connectivity index (χ1) is 19.0. The molecule has 2 N–H and O–H groups in total. The summed E-state index contributed by atoms with van der Waals surface area (Å²) in [6.07, 6.45) is 4.62. The van der Waals surface area contributed by atoms with E-state index in [0.29, 0.717) is 23.5 Å². The van der Waals surface area contributed by atoms with Crippen LogP contribution in [0.4, 0.5) is 22.7 Å². The molecule has 2 fully saturated rings. The molecule has 2 aromatic carbocycles. The van der Waals surface area contributed by atoms with Crippen molar-refractivity contribution in [3.63, 3.8) is 0 Å². The molecular weight excluding hydrogens is 508 g/mol. The molecule has 0 saturated carbocycles. The molecule has 2 heterocycles. The third-order valence-electron chi connectivity index (χ3n) is 8.31. The predicted octanol–water partition coefficient (Wildman–Crippen LogP) is 4.56. The summed E-state index contributed by atoms with van der Waals surface area (Å²) in [6, 6.07) is 8.79. The predicted molar refractivity (Wildman–Crippen MR) is 164 cm³/mol. The molecule has 0 aromatic heterocycles. The summed E-state index contributed by atoms with van der Waals surface area (Å²) >= 11 is 0. The van der Waals surface area contributed by atoms with Crippen LogP contribution in [0.1, 0.15) is 36.8 Å². The zero-order valence-corrected chi connectivity index (χ0v) is 25.6. The van der Waals surface area contributed by atoms with E-state index in [1.165, 1.54) is 31.2 Å². The largest absolute Gasteiger partial charge is 0.495 e. The summed E-state index contributed by atoms with van der Waals surface area (Å²) in [7, 11) is 11.7. The maximum Gasteiger partial charge on any atom is 0.311 e. The van der Waals surface area contributed by atoms with E-state index in [0.717, 1.165) is 56.0 Å². The quantitative estimate of drug-likeness (QED) is 0.299. The van der Waals surface area contributed by atoms with E-state index in [2.05, 4.69) is 60.8 Å². The third kappa shape index (κ3) is 7.48.